The summed E-state index contributed by atoms with van der Waals surface area (Å²) in [5, 5.41) is 13.3. The molecule has 27 heavy (non-hydrogen) atoms. The number of carboxylic acid groups (broad SMARTS) is 1. The van der Waals surface area contributed by atoms with Crippen molar-refractivity contribution >= 4 is 33.1 Å². The Kier molecular flexibility index (Phi) is 6.36. The normalized spacial score (nSPS) is 14.7. The van der Waals surface area contributed by atoms with Crippen LogP contribution in [0.15, 0.2) is 51.7 Å². The van der Waals surface area contributed by atoms with E-state index in [-0.39, 0.29) is 5.82 Å². The third kappa shape index (κ3) is 5.24. The van der Waals surface area contributed by atoms with Crippen LogP contribution in [0, 0.1) is 5.82 Å². The molecule has 1 amide bonds. The van der Waals surface area contributed by atoms with Gasteiger partial charge >= 0.3 is 6.09 Å². The first-order valence-corrected chi connectivity index (χ1v) is 9.12. The number of halogens is 2. The molecule has 1 aliphatic rings. The molecule has 9 heteroatoms. The molecule has 1 aliphatic heterocycles. The average Bonchev–Trinajstić information content (AvgIpc) is 3.14. The van der Waals surface area contributed by atoms with E-state index in [0.29, 0.717) is 42.9 Å². The molecule has 3 aromatic rings. The molecular weight excluding hydrogens is 419 g/mol. The van der Waals surface area contributed by atoms with Gasteiger partial charge in [0, 0.05) is 38.9 Å². The van der Waals surface area contributed by atoms with Gasteiger partial charge < -0.3 is 14.5 Å². The van der Waals surface area contributed by atoms with Crippen LogP contribution in [0.4, 0.5) is 9.18 Å². The van der Waals surface area contributed by atoms with Crippen molar-refractivity contribution in [2.24, 2.45) is 0 Å². The Morgan fingerprint density at radius 3 is 2.70 bits per heavy atom. The minimum Gasteiger partial charge on any atom is -0.465 e. The van der Waals surface area contributed by atoms with E-state index in [2.05, 4.69) is 31.0 Å². The molecular formula is C18H18BrFN4O3. The number of carbonyl (C=O) groups is 1. The minimum absolute atomic E-state index is 0.267. The Hall–Kier alpha value is -2.52. The van der Waals surface area contributed by atoms with Crippen LogP contribution in [0.3, 0.4) is 0 Å². The van der Waals surface area contributed by atoms with E-state index in [0.717, 1.165) is 10.9 Å². The molecule has 0 atom stereocenters. The van der Waals surface area contributed by atoms with E-state index < -0.39 is 6.09 Å². The Morgan fingerprint density at radius 2 is 2.04 bits per heavy atom. The van der Waals surface area contributed by atoms with Crippen molar-refractivity contribution in [3.05, 3.63) is 58.6 Å². The van der Waals surface area contributed by atoms with Gasteiger partial charge in [0.05, 0.1) is 16.1 Å². The van der Waals surface area contributed by atoms with E-state index in [1.807, 2.05) is 18.2 Å². The molecule has 1 aromatic carbocycles. The lowest BCUT2D eigenvalue weighted by Gasteiger charge is -2.33. The minimum atomic E-state index is -0.871. The van der Waals surface area contributed by atoms with E-state index in [4.69, 9.17) is 9.63 Å². The third-order valence-corrected chi connectivity index (χ3v) is 4.81. The molecule has 3 heterocycles. The van der Waals surface area contributed by atoms with Gasteiger partial charge in [0.15, 0.2) is 0 Å². The number of hydrogen-bond donors (Lipinski definition) is 1. The Balaban J connectivity index is 0.000000193. The fourth-order valence-electron chi connectivity index (χ4n) is 2.70. The molecule has 0 aliphatic carbocycles. The van der Waals surface area contributed by atoms with E-state index in [1.165, 1.54) is 11.0 Å². The Labute approximate surface area is 163 Å². The monoisotopic (exact) mass is 436 g/mol. The van der Waals surface area contributed by atoms with Crippen LogP contribution in [-0.2, 0) is 6.54 Å². The molecule has 0 bridgehead atoms. The number of piperazine rings is 1. The van der Waals surface area contributed by atoms with Crippen LogP contribution >= 0.6 is 15.9 Å². The molecule has 2 aromatic heterocycles. The fraction of sp³-hybridized carbons (Fsp3) is 0.278. The van der Waals surface area contributed by atoms with Crippen LogP contribution in [0.5, 0.6) is 0 Å². The maximum absolute atomic E-state index is 13.3. The Bertz CT molecular complexity index is 882. The van der Waals surface area contributed by atoms with Crippen molar-refractivity contribution < 1.29 is 18.8 Å². The topological polar surface area (TPSA) is 82.7 Å². The number of rotatable bonds is 2. The number of benzene rings is 1. The van der Waals surface area contributed by atoms with Gasteiger partial charge in [0.2, 0.25) is 0 Å². The molecule has 0 spiro atoms. The first-order chi connectivity index (χ1) is 13.0. The van der Waals surface area contributed by atoms with Crippen molar-refractivity contribution in [2.45, 2.75) is 6.54 Å². The molecule has 1 N–H and O–H groups in total. The average molecular weight is 437 g/mol. The zero-order chi connectivity index (χ0) is 19.2. The largest absolute Gasteiger partial charge is 0.465 e. The Morgan fingerprint density at radius 1 is 1.26 bits per heavy atom. The molecule has 1 saturated heterocycles. The van der Waals surface area contributed by atoms with Gasteiger partial charge in [0.25, 0.3) is 5.71 Å². The highest BCUT2D eigenvalue weighted by molar-refractivity contribution is 9.10. The van der Waals surface area contributed by atoms with Crippen LogP contribution < -0.4 is 0 Å². The second kappa shape index (κ2) is 8.92. The fourth-order valence-corrected chi connectivity index (χ4v) is 2.95. The van der Waals surface area contributed by atoms with Crippen LogP contribution in [0.1, 0.15) is 5.56 Å². The van der Waals surface area contributed by atoms with Gasteiger partial charge in [-0.15, -0.1) is 0 Å². The van der Waals surface area contributed by atoms with Gasteiger partial charge in [-0.05, 0) is 45.8 Å². The maximum Gasteiger partial charge on any atom is 0.407 e. The second-order valence-corrected chi connectivity index (χ2v) is 6.87. The van der Waals surface area contributed by atoms with Gasteiger partial charge in [-0.1, -0.05) is 11.2 Å². The van der Waals surface area contributed by atoms with Gasteiger partial charge in [0.1, 0.15) is 5.82 Å². The van der Waals surface area contributed by atoms with E-state index >= 15 is 0 Å². The SMILES string of the molecule is O=C(O)N1CCN(Cc2ccc(Br)c(F)c2)CC1.c1cnc2oncc2c1. The van der Waals surface area contributed by atoms with Crippen molar-refractivity contribution in [1.29, 1.82) is 0 Å². The summed E-state index contributed by atoms with van der Waals surface area (Å²) in [5.74, 6) is -0.267. The summed E-state index contributed by atoms with van der Waals surface area (Å²) in [4.78, 5) is 18.2. The molecule has 0 saturated carbocycles. The number of amides is 1. The summed E-state index contributed by atoms with van der Waals surface area (Å²) in [7, 11) is 0. The molecule has 7 nitrogen and oxygen atoms in total. The van der Waals surface area contributed by atoms with E-state index in [1.54, 1.807) is 18.5 Å². The summed E-state index contributed by atoms with van der Waals surface area (Å²) >= 11 is 3.12. The highest BCUT2D eigenvalue weighted by atomic mass is 79.9. The standard InChI is InChI=1S/C12H14BrFN2O2.C6H4N2O/c13-10-2-1-9(7-11(10)14)8-15-3-5-16(6-4-15)12(17)18;1-2-5-4-8-9-6(5)7-3-1/h1-2,7H,3-6,8H2,(H,17,18);1-4H. The molecule has 4 rings (SSSR count). The second-order valence-electron chi connectivity index (χ2n) is 6.02. The summed E-state index contributed by atoms with van der Waals surface area (Å²) in [6.07, 6.45) is 2.44. The van der Waals surface area contributed by atoms with Crippen molar-refractivity contribution in [3.63, 3.8) is 0 Å². The molecule has 0 radical (unpaired) electrons. The smallest absolute Gasteiger partial charge is 0.407 e. The lowest BCUT2D eigenvalue weighted by atomic mass is 10.2. The number of hydrogen-bond acceptors (Lipinski definition) is 5. The zero-order valence-corrected chi connectivity index (χ0v) is 16.0. The highest BCUT2D eigenvalue weighted by Gasteiger charge is 2.20. The van der Waals surface area contributed by atoms with Crippen molar-refractivity contribution in [3.8, 4) is 0 Å². The van der Waals surface area contributed by atoms with Crippen molar-refractivity contribution in [2.75, 3.05) is 26.2 Å². The lowest BCUT2D eigenvalue weighted by Crippen LogP contribution is -2.47. The summed E-state index contributed by atoms with van der Waals surface area (Å²) in [6, 6.07) is 8.82. The van der Waals surface area contributed by atoms with Gasteiger partial charge in [-0.3, -0.25) is 4.90 Å². The number of aromatic nitrogens is 2. The molecule has 142 valence electrons. The third-order valence-electron chi connectivity index (χ3n) is 4.16. The highest BCUT2D eigenvalue weighted by Crippen LogP contribution is 2.18. The lowest BCUT2D eigenvalue weighted by molar-refractivity contribution is 0.103. The summed E-state index contributed by atoms with van der Waals surface area (Å²) < 4.78 is 18.6. The molecule has 0 unspecified atom stereocenters. The van der Waals surface area contributed by atoms with Crippen LogP contribution in [0.25, 0.3) is 11.1 Å². The first kappa shape index (κ1) is 19.2. The maximum atomic E-state index is 13.3. The number of nitrogens with zero attached hydrogens (tertiary/aromatic N) is 4. The van der Waals surface area contributed by atoms with Gasteiger partial charge in [-0.25, -0.2) is 14.2 Å². The predicted octanol–water partition coefficient (Wildman–Crippen LogP) is 3.61. The predicted molar refractivity (Wildman–Crippen MR) is 101 cm³/mol. The number of pyridine rings is 1. The first-order valence-electron chi connectivity index (χ1n) is 8.32. The van der Waals surface area contributed by atoms with Crippen LogP contribution in [0.2, 0.25) is 0 Å². The molecule has 1 fully saturated rings. The van der Waals surface area contributed by atoms with Crippen molar-refractivity contribution in [1.82, 2.24) is 19.9 Å². The van der Waals surface area contributed by atoms with Crippen LogP contribution in [-0.4, -0.2) is 57.3 Å². The number of fused-ring (bicyclic) bond motifs is 1. The summed E-state index contributed by atoms with van der Waals surface area (Å²) in [5.41, 5.74) is 1.50. The summed E-state index contributed by atoms with van der Waals surface area (Å²) in [6.45, 7) is 3.04. The zero-order valence-electron chi connectivity index (χ0n) is 14.4. The van der Waals surface area contributed by atoms with E-state index in [9.17, 15) is 9.18 Å². The van der Waals surface area contributed by atoms with Gasteiger partial charge in [-0.2, -0.15) is 0 Å². The quantitative estimate of drug-likeness (QED) is 0.660.